The highest BCUT2D eigenvalue weighted by molar-refractivity contribution is 7.09. The third kappa shape index (κ3) is 6.62. The molecule has 2 aromatic rings. The summed E-state index contributed by atoms with van der Waals surface area (Å²) in [6.45, 7) is 4.89. The molecule has 0 spiro atoms. The highest BCUT2D eigenvalue weighted by atomic mass is 35.5. The van der Waals surface area contributed by atoms with Crippen molar-refractivity contribution < 1.29 is 14.7 Å². The minimum atomic E-state index is -0.198. The van der Waals surface area contributed by atoms with Gasteiger partial charge >= 0.3 is 6.03 Å². The zero-order valence-electron chi connectivity index (χ0n) is 18.6. The van der Waals surface area contributed by atoms with Gasteiger partial charge in [0.05, 0.1) is 5.69 Å². The number of likely N-dealkylation sites (tertiary alicyclic amines) is 2. The summed E-state index contributed by atoms with van der Waals surface area (Å²) in [6, 6.07) is 8.78. The van der Waals surface area contributed by atoms with Gasteiger partial charge in [0.2, 0.25) is 5.91 Å². The molecule has 0 radical (unpaired) electrons. The lowest BCUT2D eigenvalue weighted by Crippen LogP contribution is -2.48. The molecule has 4 rings (SSSR count). The van der Waals surface area contributed by atoms with Gasteiger partial charge in [-0.3, -0.25) is 9.69 Å². The Hall–Kier alpha value is -2.29. The standard InChI is InChI=1S/C24H31ClN4O3S/c25-19-5-6-22(30)21(13-19)27-23(31)18-7-10-29(11-8-18)24(32)26-14-17-3-1-9-28(15-17)16-20-4-2-12-33-20/h2,4-6,12-13,17-18,30H,1,3,7-11,14-16H2,(H,26,32)(H,27,31). The number of hydrogen-bond donors (Lipinski definition) is 3. The van der Waals surface area contributed by atoms with Crippen LogP contribution in [0.1, 0.15) is 30.6 Å². The molecule has 1 unspecified atom stereocenters. The lowest BCUT2D eigenvalue weighted by Gasteiger charge is -2.34. The van der Waals surface area contributed by atoms with E-state index in [4.69, 9.17) is 11.6 Å². The van der Waals surface area contributed by atoms with E-state index >= 15 is 0 Å². The summed E-state index contributed by atoms with van der Waals surface area (Å²) in [7, 11) is 0. The van der Waals surface area contributed by atoms with Gasteiger partial charge in [-0.2, -0.15) is 0 Å². The predicted molar refractivity (Wildman–Crippen MR) is 132 cm³/mol. The lowest BCUT2D eigenvalue weighted by atomic mass is 9.96. The van der Waals surface area contributed by atoms with Crippen LogP contribution in [0.25, 0.3) is 0 Å². The fraction of sp³-hybridized carbons (Fsp3) is 0.500. The number of anilines is 1. The quantitative estimate of drug-likeness (QED) is 0.524. The SMILES string of the molecule is O=C(Nc1cc(Cl)ccc1O)C1CCN(C(=O)NCC2CCCN(Cc3cccs3)C2)CC1. The fourth-order valence-corrected chi connectivity index (χ4v) is 5.53. The molecule has 1 atom stereocenters. The number of carbonyl (C=O) groups is 2. The Kier molecular flexibility index (Phi) is 8.11. The number of benzene rings is 1. The summed E-state index contributed by atoms with van der Waals surface area (Å²) < 4.78 is 0. The second-order valence-corrected chi connectivity index (χ2v) is 10.4. The Balaban J connectivity index is 1.18. The van der Waals surface area contributed by atoms with E-state index in [9.17, 15) is 14.7 Å². The molecule has 1 aromatic heterocycles. The zero-order valence-corrected chi connectivity index (χ0v) is 20.2. The Morgan fingerprint density at radius 2 is 1.97 bits per heavy atom. The Morgan fingerprint density at radius 3 is 2.73 bits per heavy atom. The van der Waals surface area contributed by atoms with Crippen LogP contribution in [-0.4, -0.2) is 59.6 Å². The number of amides is 3. The van der Waals surface area contributed by atoms with Gasteiger partial charge in [0, 0.05) is 48.5 Å². The number of hydrogen-bond acceptors (Lipinski definition) is 5. The third-order valence-electron chi connectivity index (χ3n) is 6.47. The maximum absolute atomic E-state index is 12.7. The van der Waals surface area contributed by atoms with E-state index in [0.717, 1.165) is 32.5 Å². The summed E-state index contributed by atoms with van der Waals surface area (Å²) in [6.07, 6.45) is 3.49. The average molecular weight is 491 g/mol. The van der Waals surface area contributed by atoms with Crippen LogP contribution in [0.3, 0.4) is 0 Å². The van der Waals surface area contributed by atoms with Crippen molar-refractivity contribution in [2.45, 2.75) is 32.2 Å². The molecule has 2 fully saturated rings. The normalized spacial score (nSPS) is 19.9. The van der Waals surface area contributed by atoms with Crippen molar-refractivity contribution in [1.29, 1.82) is 0 Å². The molecule has 178 valence electrons. The number of nitrogens with one attached hydrogen (secondary N) is 2. The number of thiophene rings is 1. The number of carbonyl (C=O) groups excluding carboxylic acids is 2. The monoisotopic (exact) mass is 490 g/mol. The number of aromatic hydroxyl groups is 1. The lowest BCUT2D eigenvalue weighted by molar-refractivity contribution is -0.121. The van der Waals surface area contributed by atoms with Crippen molar-refractivity contribution in [3.8, 4) is 5.75 Å². The summed E-state index contributed by atoms with van der Waals surface area (Å²) >= 11 is 7.74. The highest BCUT2D eigenvalue weighted by Gasteiger charge is 2.28. The van der Waals surface area contributed by atoms with Crippen LogP contribution in [-0.2, 0) is 11.3 Å². The molecule has 2 saturated heterocycles. The molecule has 0 aliphatic carbocycles. The molecule has 0 saturated carbocycles. The summed E-state index contributed by atoms with van der Waals surface area (Å²) in [5.74, 6) is 0.106. The maximum Gasteiger partial charge on any atom is 0.317 e. The van der Waals surface area contributed by atoms with Gasteiger partial charge in [-0.1, -0.05) is 17.7 Å². The van der Waals surface area contributed by atoms with Gasteiger partial charge in [-0.15, -0.1) is 11.3 Å². The van der Waals surface area contributed by atoms with Crippen LogP contribution in [0, 0.1) is 11.8 Å². The molecule has 3 heterocycles. The second kappa shape index (κ2) is 11.2. The van der Waals surface area contributed by atoms with Crippen molar-refractivity contribution in [3.63, 3.8) is 0 Å². The molecule has 3 amide bonds. The summed E-state index contributed by atoms with van der Waals surface area (Å²) in [5.41, 5.74) is 0.313. The van der Waals surface area contributed by atoms with Gasteiger partial charge < -0.3 is 20.6 Å². The first-order valence-electron chi connectivity index (χ1n) is 11.5. The number of piperidine rings is 2. The summed E-state index contributed by atoms with van der Waals surface area (Å²) in [4.78, 5) is 30.9. The van der Waals surface area contributed by atoms with E-state index < -0.39 is 0 Å². The number of nitrogens with zero attached hydrogens (tertiary/aromatic N) is 2. The Labute approximate surface area is 203 Å². The average Bonchev–Trinajstić information content (AvgIpc) is 3.33. The number of phenols is 1. The van der Waals surface area contributed by atoms with Crippen LogP contribution < -0.4 is 10.6 Å². The third-order valence-corrected chi connectivity index (χ3v) is 7.57. The molecule has 2 aliphatic rings. The van der Waals surface area contributed by atoms with Crippen molar-refractivity contribution in [2.24, 2.45) is 11.8 Å². The molecule has 3 N–H and O–H groups in total. The van der Waals surface area contributed by atoms with Gasteiger partial charge in [0.25, 0.3) is 0 Å². The number of rotatable bonds is 6. The van der Waals surface area contributed by atoms with Crippen molar-refractivity contribution in [3.05, 3.63) is 45.6 Å². The molecule has 9 heteroatoms. The van der Waals surface area contributed by atoms with Crippen molar-refractivity contribution >= 4 is 40.6 Å². The second-order valence-electron chi connectivity index (χ2n) is 8.92. The van der Waals surface area contributed by atoms with Crippen LogP contribution in [0.4, 0.5) is 10.5 Å². The van der Waals surface area contributed by atoms with E-state index in [1.165, 1.54) is 17.0 Å². The summed E-state index contributed by atoms with van der Waals surface area (Å²) in [5, 5.41) is 18.3. The first-order chi connectivity index (χ1) is 16.0. The number of urea groups is 1. The molecular formula is C24H31ClN4O3S. The minimum absolute atomic E-state index is 0.0127. The van der Waals surface area contributed by atoms with E-state index in [0.29, 0.717) is 49.1 Å². The number of halogens is 1. The van der Waals surface area contributed by atoms with Crippen LogP contribution in [0.15, 0.2) is 35.7 Å². The first-order valence-corrected chi connectivity index (χ1v) is 12.8. The van der Waals surface area contributed by atoms with Gasteiger partial charge in [-0.25, -0.2) is 4.79 Å². The van der Waals surface area contributed by atoms with Crippen molar-refractivity contribution in [2.75, 3.05) is 38.0 Å². The van der Waals surface area contributed by atoms with Crippen LogP contribution in [0.2, 0.25) is 5.02 Å². The Morgan fingerprint density at radius 1 is 1.15 bits per heavy atom. The van der Waals surface area contributed by atoms with E-state index in [-0.39, 0.29) is 23.6 Å². The topological polar surface area (TPSA) is 84.9 Å². The first kappa shape index (κ1) is 23.9. The molecular weight excluding hydrogens is 460 g/mol. The smallest absolute Gasteiger partial charge is 0.317 e. The van der Waals surface area contributed by atoms with E-state index in [1.54, 1.807) is 22.3 Å². The molecule has 33 heavy (non-hydrogen) atoms. The molecule has 7 nitrogen and oxygen atoms in total. The fourth-order valence-electron chi connectivity index (χ4n) is 4.62. The molecule has 0 bridgehead atoms. The minimum Gasteiger partial charge on any atom is -0.506 e. The maximum atomic E-state index is 12.7. The molecule has 2 aliphatic heterocycles. The van der Waals surface area contributed by atoms with E-state index in [1.807, 2.05) is 0 Å². The zero-order chi connectivity index (χ0) is 23.2. The van der Waals surface area contributed by atoms with Gasteiger partial charge in [0.1, 0.15) is 5.75 Å². The van der Waals surface area contributed by atoms with Gasteiger partial charge in [0.15, 0.2) is 0 Å². The molecule has 1 aromatic carbocycles. The van der Waals surface area contributed by atoms with Crippen LogP contribution >= 0.6 is 22.9 Å². The number of phenolic OH excluding ortho intramolecular Hbond substituents is 1. The highest BCUT2D eigenvalue weighted by Crippen LogP contribution is 2.28. The van der Waals surface area contributed by atoms with Crippen LogP contribution in [0.5, 0.6) is 5.75 Å². The Bertz CT molecular complexity index is 947. The van der Waals surface area contributed by atoms with Crippen molar-refractivity contribution in [1.82, 2.24) is 15.1 Å². The predicted octanol–water partition coefficient (Wildman–Crippen LogP) is 4.38. The largest absolute Gasteiger partial charge is 0.506 e. The van der Waals surface area contributed by atoms with Gasteiger partial charge in [-0.05, 0) is 67.8 Å². The van der Waals surface area contributed by atoms with E-state index in [2.05, 4.69) is 33.0 Å².